The van der Waals surface area contributed by atoms with Gasteiger partial charge in [-0.15, -0.1) is 11.3 Å². The minimum Gasteiger partial charge on any atom is -0.469 e. The van der Waals surface area contributed by atoms with E-state index >= 15 is 0 Å². The zero-order chi connectivity index (χ0) is 15.6. The van der Waals surface area contributed by atoms with E-state index in [1.54, 1.807) is 0 Å². The first-order valence-corrected chi connectivity index (χ1v) is 6.57. The molecule has 0 atom stereocenters. The Morgan fingerprint density at radius 1 is 1.38 bits per heavy atom. The standard InChI is InChI=1S/C13H9F4NO2S/c1-20-11(19)5-8-6-21-12(18-8)9-3-2-7(14)4-10(9)13(15,16)17/h2-4,6H,5H2,1H3. The molecule has 1 heterocycles. The first-order chi connectivity index (χ1) is 9.81. The number of hydrogen-bond acceptors (Lipinski definition) is 4. The van der Waals surface area contributed by atoms with E-state index in [4.69, 9.17) is 0 Å². The van der Waals surface area contributed by atoms with Crippen LogP contribution in [0.15, 0.2) is 23.6 Å². The van der Waals surface area contributed by atoms with Gasteiger partial charge in [0.1, 0.15) is 10.8 Å². The van der Waals surface area contributed by atoms with Gasteiger partial charge in [-0.2, -0.15) is 13.2 Å². The van der Waals surface area contributed by atoms with Crippen molar-refractivity contribution in [2.75, 3.05) is 7.11 Å². The van der Waals surface area contributed by atoms with Gasteiger partial charge in [0.2, 0.25) is 0 Å². The van der Waals surface area contributed by atoms with Crippen molar-refractivity contribution in [2.24, 2.45) is 0 Å². The average molecular weight is 319 g/mol. The van der Waals surface area contributed by atoms with Crippen LogP contribution in [0.4, 0.5) is 17.6 Å². The summed E-state index contributed by atoms with van der Waals surface area (Å²) in [6, 6.07) is 2.39. The number of rotatable bonds is 3. The Kier molecular flexibility index (Phi) is 4.26. The minimum atomic E-state index is -4.69. The second-order valence-electron chi connectivity index (χ2n) is 4.08. The minimum absolute atomic E-state index is 0.0706. The molecule has 0 unspecified atom stereocenters. The van der Waals surface area contributed by atoms with Crippen LogP contribution < -0.4 is 0 Å². The Bertz CT molecular complexity index is 666. The molecule has 2 aromatic rings. The number of esters is 1. The van der Waals surface area contributed by atoms with Crippen molar-refractivity contribution in [1.82, 2.24) is 4.98 Å². The lowest BCUT2D eigenvalue weighted by Crippen LogP contribution is -2.08. The van der Waals surface area contributed by atoms with Gasteiger partial charge in [0.15, 0.2) is 0 Å². The van der Waals surface area contributed by atoms with Crippen molar-refractivity contribution < 1.29 is 27.1 Å². The van der Waals surface area contributed by atoms with Crippen molar-refractivity contribution in [3.63, 3.8) is 0 Å². The topological polar surface area (TPSA) is 39.2 Å². The summed E-state index contributed by atoms with van der Waals surface area (Å²) in [6.45, 7) is 0. The maximum atomic E-state index is 13.0. The van der Waals surface area contributed by atoms with Gasteiger partial charge >= 0.3 is 12.1 Å². The Hall–Kier alpha value is -1.96. The van der Waals surface area contributed by atoms with Gasteiger partial charge in [-0.05, 0) is 18.2 Å². The van der Waals surface area contributed by atoms with Crippen molar-refractivity contribution in [3.05, 3.63) is 40.7 Å². The molecule has 0 aliphatic rings. The van der Waals surface area contributed by atoms with E-state index < -0.39 is 23.5 Å². The number of halogens is 4. The number of ether oxygens (including phenoxy) is 1. The lowest BCUT2D eigenvalue weighted by Gasteiger charge is -2.11. The third kappa shape index (κ3) is 3.57. The molecule has 0 bridgehead atoms. The molecule has 1 aromatic carbocycles. The van der Waals surface area contributed by atoms with Gasteiger partial charge in [-0.1, -0.05) is 0 Å². The predicted molar refractivity (Wildman–Crippen MR) is 68.2 cm³/mol. The molecule has 0 fully saturated rings. The van der Waals surface area contributed by atoms with Crippen molar-refractivity contribution >= 4 is 17.3 Å². The Labute approximate surface area is 121 Å². The summed E-state index contributed by atoms with van der Waals surface area (Å²) < 4.78 is 56.3. The zero-order valence-electron chi connectivity index (χ0n) is 10.7. The first kappa shape index (κ1) is 15.4. The van der Waals surface area contributed by atoms with Gasteiger partial charge in [0, 0.05) is 10.9 Å². The molecular formula is C13H9F4NO2S. The number of aromatic nitrogens is 1. The van der Waals surface area contributed by atoms with Crippen LogP contribution in [0.5, 0.6) is 0 Å². The lowest BCUT2D eigenvalue weighted by molar-refractivity contribution is -0.140. The highest BCUT2D eigenvalue weighted by Crippen LogP contribution is 2.38. The van der Waals surface area contributed by atoms with Crippen LogP contribution in [0.1, 0.15) is 11.3 Å². The SMILES string of the molecule is COC(=O)Cc1csc(-c2ccc(F)cc2C(F)(F)F)n1. The molecule has 8 heteroatoms. The fourth-order valence-electron chi connectivity index (χ4n) is 1.67. The maximum Gasteiger partial charge on any atom is 0.417 e. The van der Waals surface area contributed by atoms with Gasteiger partial charge in [-0.25, -0.2) is 9.37 Å². The molecular weight excluding hydrogens is 310 g/mol. The summed E-state index contributed by atoms with van der Waals surface area (Å²) in [6.07, 6.45) is -4.82. The van der Waals surface area contributed by atoms with Crippen molar-refractivity contribution in [3.8, 4) is 10.6 Å². The third-order valence-corrected chi connectivity index (χ3v) is 3.55. The van der Waals surface area contributed by atoms with E-state index in [0.717, 1.165) is 23.5 Å². The summed E-state index contributed by atoms with van der Waals surface area (Å²) in [7, 11) is 1.21. The number of alkyl halides is 3. The van der Waals surface area contributed by atoms with Gasteiger partial charge < -0.3 is 4.74 Å². The maximum absolute atomic E-state index is 13.0. The fourth-order valence-corrected chi connectivity index (χ4v) is 2.53. The second kappa shape index (κ2) is 5.80. The van der Waals surface area contributed by atoms with Crippen molar-refractivity contribution in [2.45, 2.75) is 12.6 Å². The molecule has 0 aliphatic carbocycles. The molecule has 0 amide bonds. The van der Waals surface area contributed by atoms with E-state index in [9.17, 15) is 22.4 Å². The Morgan fingerprint density at radius 2 is 2.10 bits per heavy atom. The molecule has 112 valence electrons. The fraction of sp³-hybridized carbons (Fsp3) is 0.231. The number of carbonyl (C=O) groups is 1. The molecule has 3 nitrogen and oxygen atoms in total. The largest absolute Gasteiger partial charge is 0.469 e. The lowest BCUT2D eigenvalue weighted by atomic mass is 10.1. The third-order valence-electron chi connectivity index (χ3n) is 2.62. The summed E-state index contributed by atoms with van der Waals surface area (Å²) >= 11 is 0.950. The van der Waals surface area contributed by atoms with Crippen LogP contribution in [0, 0.1) is 5.82 Å². The van der Waals surface area contributed by atoms with Gasteiger partial charge in [0.05, 0.1) is 24.8 Å². The molecule has 0 saturated heterocycles. The van der Waals surface area contributed by atoms with E-state index in [0.29, 0.717) is 11.8 Å². The predicted octanol–water partition coefficient (Wildman–Crippen LogP) is 3.68. The summed E-state index contributed by atoms with van der Waals surface area (Å²) in [4.78, 5) is 15.1. The number of methoxy groups -OCH3 is 1. The highest BCUT2D eigenvalue weighted by molar-refractivity contribution is 7.13. The second-order valence-corrected chi connectivity index (χ2v) is 4.94. The van der Waals surface area contributed by atoms with Gasteiger partial charge in [0.25, 0.3) is 0 Å². The summed E-state index contributed by atoms with van der Waals surface area (Å²) in [5, 5.41) is 1.54. The average Bonchev–Trinajstić information content (AvgIpc) is 2.85. The molecule has 0 N–H and O–H groups in total. The molecule has 0 spiro atoms. The normalized spacial score (nSPS) is 11.5. The zero-order valence-corrected chi connectivity index (χ0v) is 11.5. The van der Waals surface area contributed by atoms with Crippen LogP contribution in [0.2, 0.25) is 0 Å². The molecule has 2 rings (SSSR count). The molecule has 1 aromatic heterocycles. The van der Waals surface area contributed by atoms with Crippen molar-refractivity contribution in [1.29, 1.82) is 0 Å². The summed E-state index contributed by atoms with van der Waals surface area (Å²) in [5.74, 6) is -1.51. The number of thiazole rings is 1. The molecule has 0 aliphatic heterocycles. The highest BCUT2D eigenvalue weighted by atomic mass is 32.1. The van der Waals surface area contributed by atoms with Crippen LogP contribution in [0.25, 0.3) is 10.6 Å². The summed E-state index contributed by atoms with van der Waals surface area (Å²) in [5.41, 5.74) is -1.01. The molecule has 21 heavy (non-hydrogen) atoms. The van der Waals surface area contributed by atoms with E-state index in [1.807, 2.05) is 0 Å². The van der Waals surface area contributed by atoms with E-state index in [2.05, 4.69) is 9.72 Å². The highest BCUT2D eigenvalue weighted by Gasteiger charge is 2.34. The van der Waals surface area contributed by atoms with Crippen LogP contribution in [-0.2, 0) is 22.1 Å². The Morgan fingerprint density at radius 3 is 2.71 bits per heavy atom. The van der Waals surface area contributed by atoms with Crippen LogP contribution in [-0.4, -0.2) is 18.1 Å². The van der Waals surface area contributed by atoms with E-state index in [1.165, 1.54) is 12.5 Å². The smallest absolute Gasteiger partial charge is 0.417 e. The van der Waals surface area contributed by atoms with Gasteiger partial charge in [-0.3, -0.25) is 4.79 Å². The first-order valence-electron chi connectivity index (χ1n) is 5.69. The van der Waals surface area contributed by atoms with Crippen LogP contribution >= 0.6 is 11.3 Å². The Balaban J connectivity index is 2.41. The number of carbonyl (C=O) groups excluding carboxylic acids is 1. The van der Waals surface area contributed by atoms with Crippen LogP contribution in [0.3, 0.4) is 0 Å². The number of benzene rings is 1. The molecule has 0 saturated carbocycles. The molecule has 0 radical (unpaired) electrons. The number of hydrogen-bond donors (Lipinski definition) is 0. The quantitative estimate of drug-likeness (QED) is 0.640. The number of nitrogens with zero attached hydrogens (tertiary/aromatic N) is 1. The monoisotopic (exact) mass is 319 g/mol. The van der Waals surface area contributed by atoms with E-state index in [-0.39, 0.29) is 17.0 Å².